The van der Waals surface area contributed by atoms with Crippen molar-refractivity contribution in [1.29, 1.82) is 0 Å². The highest BCUT2D eigenvalue weighted by Gasteiger charge is 2.29. The Labute approximate surface area is 133 Å². The Balaban J connectivity index is 1.93. The van der Waals surface area contributed by atoms with E-state index in [2.05, 4.69) is 13.8 Å². The van der Waals surface area contributed by atoms with Crippen LogP contribution in [0.1, 0.15) is 52.5 Å². The molecular weight excluding hydrogens is 278 g/mol. The molecule has 122 valence electrons. The third-order valence-electron chi connectivity index (χ3n) is 4.40. The molecule has 1 fully saturated rings. The first-order chi connectivity index (χ1) is 10.3. The summed E-state index contributed by atoms with van der Waals surface area (Å²) in [6.07, 6.45) is 3.32. The lowest BCUT2D eigenvalue weighted by Gasteiger charge is -2.39. The number of rotatable bonds is 4. The first-order valence-electron chi connectivity index (χ1n) is 8.06. The summed E-state index contributed by atoms with van der Waals surface area (Å²) in [6, 6.07) is 7.82. The van der Waals surface area contributed by atoms with E-state index in [0.29, 0.717) is 5.75 Å². The fourth-order valence-corrected chi connectivity index (χ4v) is 3.09. The fraction of sp³-hybridized carbons (Fsp3) is 0.611. The van der Waals surface area contributed by atoms with Gasteiger partial charge in [0.25, 0.3) is 5.91 Å². The Hall–Kier alpha value is -1.55. The summed E-state index contributed by atoms with van der Waals surface area (Å²) in [5.74, 6) is 0.699. The van der Waals surface area contributed by atoms with Crippen molar-refractivity contribution < 1.29 is 14.6 Å². The second kappa shape index (κ2) is 6.69. The largest absolute Gasteiger partial charge is 0.484 e. The van der Waals surface area contributed by atoms with Gasteiger partial charge in [-0.05, 0) is 64.7 Å². The SMILES string of the molecule is CC1CCCC(C)N1C(=O)COc1ccc(C(C)(C)O)cc1. The number of hydrogen-bond acceptors (Lipinski definition) is 3. The smallest absolute Gasteiger partial charge is 0.260 e. The van der Waals surface area contributed by atoms with Gasteiger partial charge < -0.3 is 14.7 Å². The highest BCUT2D eigenvalue weighted by Crippen LogP contribution is 2.24. The van der Waals surface area contributed by atoms with E-state index in [-0.39, 0.29) is 24.6 Å². The number of nitrogens with zero attached hydrogens (tertiary/aromatic N) is 1. The number of benzene rings is 1. The number of carbonyl (C=O) groups excluding carboxylic acids is 1. The molecule has 22 heavy (non-hydrogen) atoms. The molecule has 2 atom stereocenters. The van der Waals surface area contributed by atoms with E-state index in [9.17, 15) is 9.90 Å². The van der Waals surface area contributed by atoms with E-state index in [1.165, 1.54) is 6.42 Å². The summed E-state index contributed by atoms with van der Waals surface area (Å²) in [5, 5.41) is 9.92. The second-order valence-corrected chi connectivity index (χ2v) is 6.80. The van der Waals surface area contributed by atoms with Crippen molar-refractivity contribution in [3.63, 3.8) is 0 Å². The summed E-state index contributed by atoms with van der Waals surface area (Å²) < 4.78 is 5.61. The fourth-order valence-electron chi connectivity index (χ4n) is 3.09. The van der Waals surface area contributed by atoms with E-state index >= 15 is 0 Å². The molecule has 4 heteroatoms. The van der Waals surface area contributed by atoms with Crippen LogP contribution in [0.5, 0.6) is 5.75 Å². The number of piperidine rings is 1. The lowest BCUT2D eigenvalue weighted by atomic mass is 9.97. The lowest BCUT2D eigenvalue weighted by Crippen LogP contribution is -2.49. The van der Waals surface area contributed by atoms with Crippen LogP contribution in [0.4, 0.5) is 0 Å². The quantitative estimate of drug-likeness (QED) is 0.930. The van der Waals surface area contributed by atoms with Gasteiger partial charge in [-0.2, -0.15) is 0 Å². The van der Waals surface area contributed by atoms with Crippen molar-refractivity contribution in [1.82, 2.24) is 4.90 Å². The van der Waals surface area contributed by atoms with Crippen LogP contribution in [0.25, 0.3) is 0 Å². The van der Waals surface area contributed by atoms with Crippen LogP contribution in [0, 0.1) is 0 Å². The molecule has 1 aliphatic heterocycles. The molecular formula is C18H27NO3. The molecule has 0 aromatic heterocycles. The van der Waals surface area contributed by atoms with Gasteiger partial charge in [0.15, 0.2) is 6.61 Å². The Kier molecular flexibility index (Phi) is 5.12. The Bertz CT molecular complexity index is 494. The van der Waals surface area contributed by atoms with Crippen LogP contribution in [0.3, 0.4) is 0 Å². The molecule has 0 saturated carbocycles. The molecule has 0 aliphatic carbocycles. The number of aliphatic hydroxyl groups is 1. The van der Waals surface area contributed by atoms with Crippen molar-refractivity contribution >= 4 is 5.91 Å². The highest BCUT2D eigenvalue weighted by atomic mass is 16.5. The predicted molar refractivity (Wildman–Crippen MR) is 86.8 cm³/mol. The van der Waals surface area contributed by atoms with Crippen molar-refractivity contribution in [3.05, 3.63) is 29.8 Å². The molecule has 0 bridgehead atoms. The minimum atomic E-state index is -0.868. The molecule has 4 nitrogen and oxygen atoms in total. The summed E-state index contributed by atoms with van der Waals surface area (Å²) >= 11 is 0. The first-order valence-corrected chi connectivity index (χ1v) is 8.06. The zero-order valence-electron chi connectivity index (χ0n) is 14.0. The number of hydrogen-bond donors (Lipinski definition) is 1. The molecule has 1 N–H and O–H groups in total. The summed E-state index contributed by atoms with van der Waals surface area (Å²) in [4.78, 5) is 14.3. The van der Waals surface area contributed by atoms with Crippen molar-refractivity contribution in [2.24, 2.45) is 0 Å². The molecule has 1 amide bonds. The summed E-state index contributed by atoms with van der Waals surface area (Å²) in [6.45, 7) is 7.75. The topological polar surface area (TPSA) is 49.8 Å². The van der Waals surface area contributed by atoms with Crippen LogP contribution in [0.15, 0.2) is 24.3 Å². The third kappa shape index (κ3) is 4.01. The van der Waals surface area contributed by atoms with Crippen LogP contribution in [-0.2, 0) is 10.4 Å². The van der Waals surface area contributed by atoms with Crippen LogP contribution >= 0.6 is 0 Å². The minimum Gasteiger partial charge on any atom is -0.484 e. The average Bonchev–Trinajstić information content (AvgIpc) is 2.44. The van der Waals surface area contributed by atoms with Gasteiger partial charge in [0.1, 0.15) is 5.75 Å². The molecule has 1 saturated heterocycles. The Morgan fingerprint density at radius 1 is 1.23 bits per heavy atom. The zero-order chi connectivity index (χ0) is 16.3. The van der Waals surface area contributed by atoms with Crippen molar-refractivity contribution in [2.45, 2.75) is 64.6 Å². The van der Waals surface area contributed by atoms with Gasteiger partial charge in [-0.15, -0.1) is 0 Å². The average molecular weight is 305 g/mol. The number of ether oxygens (including phenoxy) is 1. The lowest BCUT2D eigenvalue weighted by molar-refractivity contribution is -0.139. The van der Waals surface area contributed by atoms with Crippen LogP contribution in [-0.4, -0.2) is 34.6 Å². The van der Waals surface area contributed by atoms with Gasteiger partial charge in [0, 0.05) is 12.1 Å². The van der Waals surface area contributed by atoms with Crippen molar-refractivity contribution in [3.8, 4) is 5.75 Å². The molecule has 2 rings (SSSR count). The first kappa shape index (κ1) is 16.8. The summed E-state index contributed by atoms with van der Waals surface area (Å²) in [7, 11) is 0. The number of amides is 1. The molecule has 2 unspecified atom stereocenters. The molecule has 1 heterocycles. The van der Waals surface area contributed by atoms with Gasteiger partial charge in [-0.3, -0.25) is 4.79 Å². The number of likely N-dealkylation sites (tertiary alicyclic amines) is 1. The third-order valence-corrected chi connectivity index (χ3v) is 4.40. The maximum absolute atomic E-state index is 12.4. The molecule has 1 aromatic carbocycles. The van der Waals surface area contributed by atoms with E-state index in [4.69, 9.17) is 4.74 Å². The van der Waals surface area contributed by atoms with E-state index in [1.54, 1.807) is 26.0 Å². The van der Waals surface area contributed by atoms with Gasteiger partial charge in [0.2, 0.25) is 0 Å². The van der Waals surface area contributed by atoms with Gasteiger partial charge in [-0.25, -0.2) is 0 Å². The van der Waals surface area contributed by atoms with E-state index in [1.807, 2.05) is 17.0 Å². The van der Waals surface area contributed by atoms with Crippen LogP contribution in [0.2, 0.25) is 0 Å². The maximum atomic E-state index is 12.4. The van der Waals surface area contributed by atoms with E-state index in [0.717, 1.165) is 18.4 Å². The standard InChI is InChI=1S/C18H27NO3/c1-13-6-5-7-14(2)19(13)17(20)12-22-16-10-8-15(9-11-16)18(3,4)21/h8-11,13-14,21H,5-7,12H2,1-4H3. The van der Waals surface area contributed by atoms with Crippen LogP contribution < -0.4 is 4.74 Å². The second-order valence-electron chi connectivity index (χ2n) is 6.80. The minimum absolute atomic E-state index is 0.0475. The van der Waals surface area contributed by atoms with Crippen molar-refractivity contribution in [2.75, 3.05) is 6.61 Å². The van der Waals surface area contributed by atoms with Gasteiger partial charge in [-0.1, -0.05) is 12.1 Å². The number of carbonyl (C=O) groups is 1. The zero-order valence-corrected chi connectivity index (χ0v) is 14.0. The maximum Gasteiger partial charge on any atom is 0.260 e. The Morgan fingerprint density at radius 3 is 2.27 bits per heavy atom. The van der Waals surface area contributed by atoms with Gasteiger partial charge in [0.05, 0.1) is 5.60 Å². The highest BCUT2D eigenvalue weighted by molar-refractivity contribution is 5.78. The molecule has 1 aliphatic rings. The predicted octanol–water partition coefficient (Wildman–Crippen LogP) is 3.08. The normalized spacial score (nSPS) is 22.5. The monoisotopic (exact) mass is 305 g/mol. The summed E-state index contributed by atoms with van der Waals surface area (Å²) in [5.41, 5.74) is -0.0445. The van der Waals surface area contributed by atoms with E-state index < -0.39 is 5.60 Å². The molecule has 1 aromatic rings. The molecule has 0 spiro atoms. The Morgan fingerprint density at radius 2 is 1.77 bits per heavy atom. The van der Waals surface area contributed by atoms with Gasteiger partial charge >= 0.3 is 0 Å². The molecule has 0 radical (unpaired) electrons.